The summed E-state index contributed by atoms with van der Waals surface area (Å²) in [4.78, 5) is 19.5. The van der Waals surface area contributed by atoms with Gasteiger partial charge in [0.1, 0.15) is 17.3 Å². The predicted octanol–water partition coefficient (Wildman–Crippen LogP) is 5.66. The van der Waals surface area contributed by atoms with Crippen molar-refractivity contribution >= 4 is 32.5 Å². The number of hydrogen-bond acceptors (Lipinski definition) is 8. The van der Waals surface area contributed by atoms with Gasteiger partial charge >= 0.3 is 0 Å². The zero-order valence-corrected chi connectivity index (χ0v) is 24.5. The molecular weight excluding hydrogens is 556 g/mol. The van der Waals surface area contributed by atoms with Crippen molar-refractivity contribution in [3.05, 3.63) is 96.3 Å². The first-order valence-electron chi connectivity index (χ1n) is 13.9. The molecule has 10 heteroatoms. The maximum atomic E-state index is 13.6. The molecule has 212 valence electrons. The highest BCUT2D eigenvalue weighted by atomic mass is 32.2. The molecule has 0 bridgehead atoms. The summed E-state index contributed by atoms with van der Waals surface area (Å²) >= 11 is 1.35. The van der Waals surface area contributed by atoms with E-state index in [9.17, 15) is 13.2 Å². The topological polar surface area (TPSA) is 92.7 Å². The van der Waals surface area contributed by atoms with Crippen LogP contribution >= 0.6 is 11.5 Å². The maximum Gasteiger partial charge on any atom is 0.243 e. The van der Waals surface area contributed by atoms with Gasteiger partial charge in [0.2, 0.25) is 15.2 Å². The standard InChI is InChI=1S/C31H32N4O4S2/c1-23-22-34(30-32-29(33-40-30)31(18-16-25(36)17-19-31)24-8-4-2-5-9-24)20-21-35(23)41(37,38)28-14-12-27(13-15-28)39-26-10-6-3-7-11-26/h2-15,23H,16-22H2,1H3. The van der Waals surface area contributed by atoms with Crippen LogP contribution in [-0.4, -0.2) is 53.5 Å². The highest BCUT2D eigenvalue weighted by molar-refractivity contribution is 7.89. The predicted molar refractivity (Wildman–Crippen MR) is 159 cm³/mol. The zero-order chi connectivity index (χ0) is 28.5. The van der Waals surface area contributed by atoms with Gasteiger partial charge in [-0.2, -0.15) is 8.68 Å². The molecule has 6 rings (SSSR count). The number of hydrogen-bond donors (Lipinski definition) is 0. The van der Waals surface area contributed by atoms with Crippen LogP contribution in [0.3, 0.4) is 0 Å². The molecular formula is C31H32N4O4S2. The van der Waals surface area contributed by atoms with E-state index in [1.54, 1.807) is 28.6 Å². The molecule has 3 aromatic carbocycles. The Morgan fingerprint density at radius 1 is 0.878 bits per heavy atom. The van der Waals surface area contributed by atoms with E-state index >= 15 is 0 Å². The average Bonchev–Trinajstić information content (AvgIpc) is 3.50. The van der Waals surface area contributed by atoms with Crippen molar-refractivity contribution < 1.29 is 17.9 Å². The van der Waals surface area contributed by atoms with Crippen LogP contribution < -0.4 is 9.64 Å². The largest absolute Gasteiger partial charge is 0.457 e. The molecule has 1 unspecified atom stereocenters. The van der Waals surface area contributed by atoms with Crippen molar-refractivity contribution in [1.29, 1.82) is 0 Å². The fourth-order valence-corrected chi connectivity index (χ4v) is 8.21. The summed E-state index contributed by atoms with van der Waals surface area (Å²) in [5, 5.41) is 0.790. The summed E-state index contributed by atoms with van der Waals surface area (Å²) < 4.78 is 39.3. The van der Waals surface area contributed by atoms with Crippen LogP contribution in [-0.2, 0) is 20.2 Å². The van der Waals surface area contributed by atoms with Gasteiger partial charge in [0, 0.05) is 50.1 Å². The minimum atomic E-state index is -3.68. The SMILES string of the molecule is CC1CN(c2nc(C3(c4ccccc4)CCC(=O)CC3)ns2)CCN1S(=O)(=O)c1ccc(Oc2ccccc2)cc1. The van der Waals surface area contributed by atoms with Gasteiger partial charge in [0.25, 0.3) is 0 Å². The molecule has 1 aliphatic carbocycles. The fraction of sp³-hybridized carbons (Fsp3) is 0.323. The Labute approximate surface area is 244 Å². The first kappa shape index (κ1) is 27.6. The quantitative estimate of drug-likeness (QED) is 0.275. The number of rotatable bonds is 7. The Balaban J connectivity index is 1.16. The molecule has 0 N–H and O–H groups in total. The monoisotopic (exact) mass is 588 g/mol. The Kier molecular flexibility index (Phi) is 7.63. The summed E-state index contributed by atoms with van der Waals surface area (Å²) in [5.74, 6) is 2.32. The lowest BCUT2D eigenvalue weighted by Crippen LogP contribution is -2.54. The number of para-hydroxylation sites is 1. The second-order valence-electron chi connectivity index (χ2n) is 10.7. The molecule has 1 aromatic heterocycles. The number of carbonyl (C=O) groups is 1. The number of piperazine rings is 1. The summed E-state index contributed by atoms with van der Waals surface area (Å²) in [6.45, 7) is 3.31. The molecule has 41 heavy (non-hydrogen) atoms. The van der Waals surface area contributed by atoms with Crippen molar-refractivity contribution in [3.8, 4) is 11.5 Å². The van der Waals surface area contributed by atoms with Gasteiger partial charge in [-0.15, -0.1) is 0 Å². The Morgan fingerprint density at radius 3 is 2.17 bits per heavy atom. The Morgan fingerprint density at radius 2 is 1.51 bits per heavy atom. The van der Waals surface area contributed by atoms with Crippen LogP contribution in [0, 0.1) is 0 Å². The highest BCUT2D eigenvalue weighted by Gasteiger charge is 2.42. The Bertz CT molecular complexity index is 1600. The van der Waals surface area contributed by atoms with Crippen LogP contribution in [0.4, 0.5) is 5.13 Å². The van der Waals surface area contributed by atoms with E-state index in [0.29, 0.717) is 56.8 Å². The van der Waals surface area contributed by atoms with E-state index in [1.807, 2.05) is 55.5 Å². The molecule has 1 saturated heterocycles. The van der Waals surface area contributed by atoms with Gasteiger partial charge in [-0.1, -0.05) is 48.5 Å². The third kappa shape index (κ3) is 5.51. The number of ketones is 1. The number of Topliss-reactive ketones (excluding diaryl/α,β-unsaturated/α-hetero) is 1. The van der Waals surface area contributed by atoms with Crippen molar-refractivity contribution in [3.63, 3.8) is 0 Å². The Hall–Kier alpha value is -3.60. The third-order valence-corrected chi connectivity index (χ3v) is 10.9. The van der Waals surface area contributed by atoms with E-state index in [4.69, 9.17) is 14.1 Å². The van der Waals surface area contributed by atoms with Crippen molar-refractivity contribution in [1.82, 2.24) is 13.7 Å². The molecule has 0 radical (unpaired) electrons. The highest BCUT2D eigenvalue weighted by Crippen LogP contribution is 2.44. The van der Waals surface area contributed by atoms with Crippen LogP contribution in [0.2, 0.25) is 0 Å². The average molecular weight is 589 g/mol. The van der Waals surface area contributed by atoms with Gasteiger partial charge in [-0.05, 0) is 61.7 Å². The molecule has 1 aliphatic heterocycles. The molecule has 2 fully saturated rings. The van der Waals surface area contributed by atoms with Gasteiger partial charge in [0.05, 0.1) is 10.3 Å². The molecule has 0 amide bonds. The zero-order valence-electron chi connectivity index (χ0n) is 22.8. The first-order valence-corrected chi connectivity index (χ1v) is 16.1. The van der Waals surface area contributed by atoms with Crippen LogP contribution in [0.15, 0.2) is 89.8 Å². The maximum absolute atomic E-state index is 13.6. The summed E-state index contributed by atoms with van der Waals surface area (Å²) in [5.41, 5.74) is 0.762. The second kappa shape index (κ2) is 11.3. The third-order valence-electron chi connectivity index (χ3n) is 8.08. The number of nitrogens with zero attached hydrogens (tertiary/aromatic N) is 4. The lowest BCUT2D eigenvalue weighted by atomic mass is 9.68. The number of benzene rings is 3. The number of sulfonamides is 1. The van der Waals surface area contributed by atoms with Gasteiger partial charge in [0.15, 0.2) is 5.82 Å². The van der Waals surface area contributed by atoms with E-state index in [0.717, 1.165) is 16.5 Å². The first-order chi connectivity index (χ1) is 19.8. The lowest BCUT2D eigenvalue weighted by molar-refractivity contribution is -0.121. The smallest absolute Gasteiger partial charge is 0.243 e. The number of aromatic nitrogens is 2. The van der Waals surface area contributed by atoms with Gasteiger partial charge < -0.3 is 9.64 Å². The van der Waals surface area contributed by atoms with Gasteiger partial charge in [-0.3, -0.25) is 4.79 Å². The van der Waals surface area contributed by atoms with Crippen molar-refractivity contribution in [2.24, 2.45) is 0 Å². The number of carbonyl (C=O) groups excluding carboxylic acids is 1. The normalized spacial score (nSPS) is 19.7. The molecule has 1 saturated carbocycles. The van der Waals surface area contributed by atoms with E-state index < -0.39 is 10.0 Å². The fourth-order valence-electron chi connectivity index (χ4n) is 5.80. The van der Waals surface area contributed by atoms with Crippen molar-refractivity contribution in [2.75, 3.05) is 24.5 Å². The molecule has 4 aromatic rings. The molecule has 0 spiro atoms. The summed E-state index contributed by atoms with van der Waals surface area (Å²) in [7, 11) is -3.68. The second-order valence-corrected chi connectivity index (χ2v) is 13.3. The van der Waals surface area contributed by atoms with E-state index in [-0.39, 0.29) is 22.1 Å². The molecule has 8 nitrogen and oxygen atoms in total. The molecule has 2 heterocycles. The summed E-state index contributed by atoms with van der Waals surface area (Å²) in [6, 6.07) is 25.9. The minimum Gasteiger partial charge on any atom is -0.457 e. The lowest BCUT2D eigenvalue weighted by Gasteiger charge is -2.38. The van der Waals surface area contributed by atoms with E-state index in [2.05, 4.69) is 17.0 Å². The van der Waals surface area contributed by atoms with Crippen molar-refractivity contribution in [2.45, 2.75) is 49.0 Å². The number of anilines is 1. The molecule has 2 aliphatic rings. The molecule has 1 atom stereocenters. The minimum absolute atomic E-state index is 0.244. The van der Waals surface area contributed by atoms with Crippen LogP contribution in [0.5, 0.6) is 11.5 Å². The number of ether oxygens (including phenoxy) is 1. The van der Waals surface area contributed by atoms with E-state index in [1.165, 1.54) is 11.5 Å². The van der Waals surface area contributed by atoms with Gasteiger partial charge in [-0.25, -0.2) is 13.4 Å². The van der Waals surface area contributed by atoms with Crippen LogP contribution in [0.25, 0.3) is 0 Å². The van der Waals surface area contributed by atoms with Crippen LogP contribution in [0.1, 0.15) is 44.0 Å². The summed E-state index contributed by atoms with van der Waals surface area (Å²) in [6.07, 6.45) is 2.44.